The van der Waals surface area contributed by atoms with Gasteiger partial charge < -0.3 is 14.9 Å². The zero-order valence-corrected chi connectivity index (χ0v) is 10.6. The Morgan fingerprint density at radius 1 is 1.50 bits per heavy atom. The van der Waals surface area contributed by atoms with Gasteiger partial charge in [0.05, 0.1) is 11.5 Å². The van der Waals surface area contributed by atoms with Crippen molar-refractivity contribution in [2.75, 3.05) is 24.6 Å². The zero-order valence-electron chi connectivity index (χ0n) is 9.79. The van der Waals surface area contributed by atoms with Gasteiger partial charge in [-0.25, -0.2) is 8.42 Å². The highest BCUT2D eigenvalue weighted by molar-refractivity contribution is 7.91. The van der Waals surface area contributed by atoms with E-state index in [0.29, 0.717) is 31.8 Å². The molecule has 1 aromatic heterocycles. The summed E-state index contributed by atoms with van der Waals surface area (Å²) in [6, 6.07) is 0. The SMILES string of the molecule is O=S1(=O)CCC(c2noc(C3(O)CCNC3)n2)C1. The summed E-state index contributed by atoms with van der Waals surface area (Å²) in [6.07, 6.45) is 1.05. The van der Waals surface area contributed by atoms with E-state index < -0.39 is 15.4 Å². The highest BCUT2D eigenvalue weighted by atomic mass is 32.2. The van der Waals surface area contributed by atoms with E-state index in [-0.39, 0.29) is 23.3 Å². The number of nitrogens with one attached hydrogen (secondary N) is 1. The average Bonchev–Trinajstić information content (AvgIpc) is 2.97. The van der Waals surface area contributed by atoms with Crippen LogP contribution >= 0.6 is 0 Å². The maximum absolute atomic E-state index is 11.4. The van der Waals surface area contributed by atoms with E-state index >= 15 is 0 Å². The summed E-state index contributed by atoms with van der Waals surface area (Å²) in [5.41, 5.74) is -1.11. The number of aliphatic hydroxyl groups is 1. The number of sulfone groups is 1. The number of aromatic nitrogens is 2. The largest absolute Gasteiger partial charge is 0.379 e. The van der Waals surface area contributed by atoms with Gasteiger partial charge in [0.2, 0.25) is 0 Å². The number of rotatable bonds is 2. The fourth-order valence-electron chi connectivity index (χ4n) is 2.45. The van der Waals surface area contributed by atoms with Crippen LogP contribution in [0.4, 0.5) is 0 Å². The molecule has 7 nitrogen and oxygen atoms in total. The molecule has 0 aliphatic carbocycles. The van der Waals surface area contributed by atoms with Crippen LogP contribution in [0.1, 0.15) is 30.5 Å². The molecule has 2 aliphatic heterocycles. The fourth-order valence-corrected chi connectivity index (χ4v) is 4.19. The Morgan fingerprint density at radius 2 is 2.33 bits per heavy atom. The van der Waals surface area contributed by atoms with Crippen molar-refractivity contribution in [3.8, 4) is 0 Å². The van der Waals surface area contributed by atoms with Crippen molar-refractivity contribution in [2.45, 2.75) is 24.4 Å². The lowest BCUT2D eigenvalue weighted by Gasteiger charge is -2.14. The van der Waals surface area contributed by atoms with Crippen LogP contribution in [0.25, 0.3) is 0 Å². The molecule has 0 aromatic carbocycles. The molecule has 2 N–H and O–H groups in total. The van der Waals surface area contributed by atoms with Crippen LogP contribution in [0.3, 0.4) is 0 Å². The van der Waals surface area contributed by atoms with Gasteiger partial charge in [-0.3, -0.25) is 0 Å². The number of nitrogens with zero attached hydrogens (tertiary/aromatic N) is 2. The lowest BCUT2D eigenvalue weighted by Crippen LogP contribution is -2.28. The van der Waals surface area contributed by atoms with Crippen molar-refractivity contribution in [1.82, 2.24) is 15.5 Å². The summed E-state index contributed by atoms with van der Waals surface area (Å²) in [5.74, 6) is 0.624. The highest BCUT2D eigenvalue weighted by Crippen LogP contribution is 2.30. The first-order chi connectivity index (χ1) is 8.49. The maximum atomic E-state index is 11.4. The van der Waals surface area contributed by atoms with Crippen molar-refractivity contribution in [2.24, 2.45) is 0 Å². The van der Waals surface area contributed by atoms with Crippen LogP contribution < -0.4 is 5.32 Å². The van der Waals surface area contributed by atoms with E-state index in [1.807, 2.05) is 0 Å². The maximum Gasteiger partial charge on any atom is 0.259 e. The van der Waals surface area contributed by atoms with Crippen LogP contribution in [-0.4, -0.2) is 48.3 Å². The number of β-amino-alcohol motifs (C(OH)–C–C–N with tert-alkyl or cyclic N) is 1. The van der Waals surface area contributed by atoms with Crippen molar-refractivity contribution < 1.29 is 18.0 Å². The summed E-state index contributed by atoms with van der Waals surface area (Å²) in [6.45, 7) is 1.09. The number of hydrogen-bond donors (Lipinski definition) is 2. The Kier molecular flexibility index (Phi) is 2.68. The first-order valence-electron chi connectivity index (χ1n) is 5.96. The van der Waals surface area contributed by atoms with Gasteiger partial charge in [0.25, 0.3) is 5.89 Å². The first kappa shape index (κ1) is 12.1. The van der Waals surface area contributed by atoms with Crippen molar-refractivity contribution in [3.05, 3.63) is 11.7 Å². The lowest BCUT2D eigenvalue weighted by atomic mass is 10.0. The molecule has 18 heavy (non-hydrogen) atoms. The van der Waals surface area contributed by atoms with E-state index in [9.17, 15) is 13.5 Å². The van der Waals surface area contributed by atoms with E-state index in [0.717, 1.165) is 0 Å². The molecule has 1 aromatic rings. The highest BCUT2D eigenvalue weighted by Gasteiger charge is 2.40. The summed E-state index contributed by atoms with van der Waals surface area (Å²) in [4.78, 5) is 4.18. The van der Waals surface area contributed by atoms with E-state index in [2.05, 4.69) is 15.5 Å². The van der Waals surface area contributed by atoms with E-state index in [4.69, 9.17) is 4.52 Å². The Labute approximate surface area is 104 Å². The van der Waals surface area contributed by atoms with Crippen LogP contribution in [0.2, 0.25) is 0 Å². The molecule has 0 spiro atoms. The summed E-state index contributed by atoms with van der Waals surface area (Å²) in [7, 11) is -2.97. The molecule has 3 rings (SSSR count). The third-order valence-electron chi connectivity index (χ3n) is 3.57. The second-order valence-corrected chi connectivity index (χ2v) is 7.24. The second kappa shape index (κ2) is 4.01. The molecule has 2 unspecified atom stereocenters. The van der Waals surface area contributed by atoms with Gasteiger partial charge in [-0.1, -0.05) is 5.16 Å². The number of hydrogen-bond acceptors (Lipinski definition) is 7. The topological polar surface area (TPSA) is 105 Å². The van der Waals surface area contributed by atoms with Crippen molar-refractivity contribution >= 4 is 9.84 Å². The molecule has 2 saturated heterocycles. The summed E-state index contributed by atoms with van der Waals surface area (Å²) < 4.78 is 27.9. The van der Waals surface area contributed by atoms with Gasteiger partial charge in [-0.2, -0.15) is 4.98 Å². The van der Waals surface area contributed by atoms with E-state index in [1.54, 1.807) is 0 Å². The minimum absolute atomic E-state index is 0.0721. The second-order valence-electron chi connectivity index (χ2n) is 5.02. The van der Waals surface area contributed by atoms with Crippen LogP contribution in [0, 0.1) is 0 Å². The Hall–Kier alpha value is -0.990. The molecule has 0 radical (unpaired) electrons. The van der Waals surface area contributed by atoms with Crippen molar-refractivity contribution in [1.29, 1.82) is 0 Å². The van der Waals surface area contributed by atoms with Crippen LogP contribution in [-0.2, 0) is 15.4 Å². The normalized spacial score (nSPS) is 35.1. The molecule has 2 fully saturated rings. The third-order valence-corrected chi connectivity index (χ3v) is 5.34. The lowest BCUT2D eigenvalue weighted by molar-refractivity contribution is 0.0243. The van der Waals surface area contributed by atoms with Crippen molar-refractivity contribution in [3.63, 3.8) is 0 Å². The molecule has 2 atom stereocenters. The molecule has 0 saturated carbocycles. The van der Waals surface area contributed by atoms with Gasteiger partial charge in [-0.15, -0.1) is 0 Å². The van der Waals surface area contributed by atoms with Gasteiger partial charge in [-0.05, 0) is 19.4 Å². The molecule has 8 heteroatoms. The van der Waals surface area contributed by atoms with E-state index in [1.165, 1.54) is 0 Å². The smallest absolute Gasteiger partial charge is 0.259 e. The predicted octanol–water partition coefficient (Wildman–Crippen LogP) is -0.847. The van der Waals surface area contributed by atoms with Gasteiger partial charge in [0.15, 0.2) is 21.3 Å². The standard InChI is InChI=1S/C10H15N3O4S/c14-10(2-3-11-6-10)9-12-8(13-17-9)7-1-4-18(15,16)5-7/h7,11,14H,1-6H2. The quantitative estimate of drug-likeness (QED) is 0.723. The minimum atomic E-state index is -2.97. The molecule has 100 valence electrons. The van der Waals surface area contributed by atoms with Crippen LogP contribution in [0.5, 0.6) is 0 Å². The van der Waals surface area contributed by atoms with Gasteiger partial charge >= 0.3 is 0 Å². The summed E-state index contributed by atoms with van der Waals surface area (Å²) in [5, 5.41) is 17.1. The molecule has 2 aliphatic rings. The monoisotopic (exact) mass is 273 g/mol. The average molecular weight is 273 g/mol. The fraction of sp³-hybridized carbons (Fsp3) is 0.800. The predicted molar refractivity (Wildman–Crippen MR) is 61.7 cm³/mol. The Balaban J connectivity index is 1.82. The molecule has 0 bridgehead atoms. The Morgan fingerprint density at radius 3 is 2.94 bits per heavy atom. The van der Waals surface area contributed by atoms with Gasteiger partial charge in [0, 0.05) is 12.5 Å². The Bertz CT molecular complexity index is 547. The first-order valence-corrected chi connectivity index (χ1v) is 7.78. The zero-order chi connectivity index (χ0) is 12.8. The molecule has 3 heterocycles. The molecular formula is C10H15N3O4S. The summed E-state index contributed by atoms with van der Waals surface area (Å²) >= 11 is 0. The van der Waals surface area contributed by atoms with Gasteiger partial charge in [0.1, 0.15) is 0 Å². The minimum Gasteiger partial charge on any atom is -0.379 e. The third kappa shape index (κ3) is 2.04. The molecule has 0 amide bonds. The molecular weight excluding hydrogens is 258 g/mol. The van der Waals surface area contributed by atoms with Crippen LogP contribution in [0.15, 0.2) is 4.52 Å².